The van der Waals surface area contributed by atoms with Gasteiger partial charge in [0, 0.05) is 77.8 Å². The van der Waals surface area contributed by atoms with E-state index in [1.165, 1.54) is 23.9 Å². The number of nitrogens with zero attached hydrogens (tertiary/aromatic N) is 7. The van der Waals surface area contributed by atoms with Crippen LogP contribution in [0, 0.1) is 35.5 Å². The molecule has 2 saturated heterocycles. The van der Waals surface area contributed by atoms with E-state index in [4.69, 9.17) is 87.3 Å². The molecule has 2 amide bonds. The maximum atomic E-state index is 14.8. The van der Waals surface area contributed by atoms with Gasteiger partial charge < -0.3 is 102 Å². The van der Waals surface area contributed by atoms with Crippen LogP contribution in [-0.2, 0) is 115 Å². The molecule has 2 aromatic carbocycles. The van der Waals surface area contributed by atoms with Gasteiger partial charge in [-0.1, -0.05) is 89.3 Å². The number of cyclic esters (lactones) is 1. The molecule has 10 rings (SSSR count). The summed E-state index contributed by atoms with van der Waals surface area (Å²) < 4.78 is 89.0. The molecule has 5 aromatic rings. The van der Waals surface area contributed by atoms with Crippen LogP contribution in [0.25, 0.3) is 33.4 Å². The number of ether oxygens (including phenoxy) is 14. The number of aliphatic hydroxyl groups is 2. The first kappa shape index (κ1) is 99.8. The number of nitrogens with two attached hydrogens (primary N) is 2. The molecule has 126 heavy (non-hydrogen) atoms. The number of Topliss-reactive ketones (excluding diaryl/α,β-unsaturated/α-hetero) is 2. The number of aromatic nitrogens is 5. The average Bonchev–Trinajstić information content (AvgIpc) is 1.01. The summed E-state index contributed by atoms with van der Waals surface area (Å²) in [5, 5.41) is 29.4. The van der Waals surface area contributed by atoms with Crippen molar-refractivity contribution in [1.82, 2.24) is 34.5 Å². The van der Waals surface area contributed by atoms with Crippen molar-refractivity contribution < 1.29 is 110 Å². The minimum atomic E-state index is -2.43. The van der Waals surface area contributed by atoms with Crippen LogP contribution in [-0.4, -0.2) is 275 Å². The van der Waals surface area contributed by atoms with E-state index < -0.39 is 77.9 Å². The van der Waals surface area contributed by atoms with Crippen molar-refractivity contribution in [3.05, 3.63) is 107 Å². The normalized spacial score (nSPS) is 27.1. The fourth-order valence-corrected chi connectivity index (χ4v) is 17.5. The van der Waals surface area contributed by atoms with Crippen molar-refractivity contribution in [1.29, 1.82) is 0 Å². The Labute approximate surface area is 740 Å². The number of carbonyl (C=O) groups excluding carboxylic acids is 6. The molecule has 0 spiro atoms. The Bertz CT molecular complexity index is 4420. The number of benzene rings is 2. The number of methoxy groups -OCH3 is 3. The monoisotopic (exact) mass is 1760 g/mol. The SMILES string of the molecule is CO[C@H]1C[C@@H]2CC[C@@H](C)[C@@](O)(O2)C(=O)C(=O)N2CCCC[C@H]2C(=O)O[C@H]([C@H](C)C[C@@H]2CC[C@@H](OC(=O)CCCOCCOCCOCCOCCOCCOCCOCCOCCC(=O)N3CCc4cc(Cn5nc(-c6ccc7oc(N)nc7c6)c6c(N)ncnc65)ccc4C3)[C@H](OC)C2)CC[C@H](C)/C=C(\C)[C@@H](O)[C@@H](OC)C(=O)[C@H](C)C[C@H](C)/C=C/C=C/C=C/1C. The summed E-state index contributed by atoms with van der Waals surface area (Å²) in [7, 11) is 4.64. The van der Waals surface area contributed by atoms with Gasteiger partial charge in [0.1, 0.15) is 53.8 Å². The molecule has 6 N–H and O–H groups in total. The molecule has 5 aliphatic rings. The molecular weight excluding hydrogens is 1620 g/mol. The molecule has 3 aromatic heterocycles. The van der Waals surface area contributed by atoms with Gasteiger partial charge in [0.15, 0.2) is 17.0 Å². The van der Waals surface area contributed by atoms with Crippen molar-refractivity contribution in [3.8, 4) is 11.3 Å². The number of fused-ring (bicyclic) bond motifs is 6. The number of allylic oxidation sites excluding steroid dienone is 6. The van der Waals surface area contributed by atoms with Gasteiger partial charge in [0.05, 0.1) is 136 Å². The predicted octanol–water partition coefficient (Wildman–Crippen LogP) is 10.6. The number of rotatable bonds is 38. The number of piperidine rings is 1. The number of oxazole rings is 1. The number of anilines is 2. The van der Waals surface area contributed by atoms with Crippen LogP contribution < -0.4 is 11.5 Å². The third kappa shape index (κ3) is 29.3. The Kier molecular flexibility index (Phi) is 40.5. The number of hydrogen-bond donors (Lipinski definition) is 4. The van der Waals surface area contributed by atoms with Crippen molar-refractivity contribution in [2.75, 3.05) is 152 Å². The Balaban J connectivity index is 0.547. The second-order valence-corrected chi connectivity index (χ2v) is 34.3. The molecule has 1 aliphatic carbocycles. The number of nitrogen functional groups attached to an aromatic ring is 2. The lowest BCUT2D eigenvalue weighted by molar-refractivity contribution is -0.265. The van der Waals surface area contributed by atoms with Crippen LogP contribution in [0.15, 0.2) is 94.7 Å². The summed E-state index contributed by atoms with van der Waals surface area (Å²) in [6, 6.07) is 10.9. The fourth-order valence-electron chi connectivity index (χ4n) is 17.5. The smallest absolute Gasteiger partial charge is 0.329 e. The molecule has 32 heteroatoms. The lowest BCUT2D eigenvalue weighted by Crippen LogP contribution is -2.61. The van der Waals surface area contributed by atoms with Gasteiger partial charge in [0.25, 0.3) is 17.7 Å². The second-order valence-electron chi connectivity index (χ2n) is 34.3. The van der Waals surface area contributed by atoms with Crippen LogP contribution in [0.3, 0.4) is 0 Å². The first-order valence-corrected chi connectivity index (χ1v) is 45.2. The Morgan fingerprint density at radius 2 is 1.36 bits per heavy atom. The highest BCUT2D eigenvalue weighted by Crippen LogP contribution is 2.40. The summed E-state index contributed by atoms with van der Waals surface area (Å²) in [5.74, 6) is -6.64. The van der Waals surface area contributed by atoms with Crippen LogP contribution in [0.1, 0.15) is 168 Å². The molecule has 0 unspecified atom stereocenters. The first-order valence-electron chi connectivity index (χ1n) is 45.2. The summed E-state index contributed by atoms with van der Waals surface area (Å²) in [6.45, 7) is 21.3. The third-order valence-corrected chi connectivity index (χ3v) is 24.7. The summed E-state index contributed by atoms with van der Waals surface area (Å²) >= 11 is 0. The van der Waals surface area contributed by atoms with Crippen LogP contribution in [0.5, 0.6) is 0 Å². The number of hydrogen-bond acceptors (Lipinski definition) is 29. The number of esters is 2. The molecule has 15 atom stereocenters. The maximum absolute atomic E-state index is 14.8. The highest BCUT2D eigenvalue weighted by atomic mass is 16.6. The van der Waals surface area contributed by atoms with Gasteiger partial charge >= 0.3 is 11.9 Å². The highest BCUT2D eigenvalue weighted by Gasteiger charge is 2.53. The van der Waals surface area contributed by atoms with Gasteiger partial charge in [0.2, 0.25) is 11.7 Å². The van der Waals surface area contributed by atoms with Gasteiger partial charge in [-0.2, -0.15) is 10.1 Å². The minimum absolute atomic E-state index is 0.0315. The molecule has 7 heterocycles. The van der Waals surface area contributed by atoms with E-state index in [9.17, 15) is 39.0 Å². The van der Waals surface area contributed by atoms with Crippen molar-refractivity contribution >= 4 is 69.3 Å². The van der Waals surface area contributed by atoms with E-state index in [0.717, 1.165) is 35.1 Å². The van der Waals surface area contributed by atoms with Crippen molar-refractivity contribution in [2.24, 2.45) is 35.5 Å². The summed E-state index contributed by atoms with van der Waals surface area (Å²) in [6.07, 6.45) is 16.6. The molecule has 0 radical (unpaired) electrons. The topological polar surface area (TPSA) is 400 Å². The zero-order chi connectivity index (χ0) is 90.1. The second kappa shape index (κ2) is 51.2. The van der Waals surface area contributed by atoms with E-state index in [2.05, 4.69) is 33.2 Å². The molecule has 32 nitrogen and oxygen atoms in total. The Morgan fingerprint density at radius 3 is 2.03 bits per heavy atom. The van der Waals surface area contributed by atoms with Crippen LogP contribution >= 0.6 is 0 Å². The van der Waals surface area contributed by atoms with Gasteiger partial charge in [-0.25, -0.2) is 19.4 Å². The number of amides is 2. The molecule has 4 aliphatic heterocycles. The van der Waals surface area contributed by atoms with Gasteiger partial charge in [-0.3, -0.25) is 24.0 Å². The quantitative estimate of drug-likeness (QED) is 0.0123. The summed E-state index contributed by atoms with van der Waals surface area (Å²) in [5.41, 5.74) is 20.2. The standard InChI is InChI=1S/C94H137N9O23/c1-61-17-12-11-13-18-63(3)79(112-8)57-73-27-22-67(7)94(111,126-73)88(108)91(109)102-33-15-14-19-75(102)92(110)124-76(28-21-62(2)52-66(6)86(107)87(114-10)85(106)65(5)51-61)64(4)53-68-24-29-78(80(55-68)113-9)123-82(105)20-16-35-115-37-39-117-41-43-119-45-47-121-49-50-122-48-46-120-44-42-118-40-38-116-36-32-81(104)101-34-31-70-54-69(23-25-72(70)59-101)58-103-90-83(89(95)97-60-98-90)84(100-103)71-26-30-77-74(56-71)99-93(96)125-77/h11-13,17-18,23,25-26,30,52,54,56,60-62,64-65,67-68,73,75-76,78-80,86-87,107,111H,14-16,19-22,24,27-29,31-51,53,55,57-59H2,1-10H3,(H2,96,99)(H2,95,97,98)/b13-11+,17-12+,63-18+,66-52+/t61-,62+,64-,65-,67-,68+,73+,75+,76+,78-,79+,80-,86-,87+,94-/m1/s1. The molecule has 696 valence electrons. The molecular formula is C94H137N9O23. The lowest BCUT2D eigenvalue weighted by atomic mass is 9.78. The Morgan fingerprint density at radius 1 is 0.675 bits per heavy atom. The Hall–Kier alpha value is -8.32. The first-order chi connectivity index (χ1) is 60.9. The number of aliphatic hydroxyl groups excluding tert-OH is 1. The zero-order valence-corrected chi connectivity index (χ0v) is 75.5. The van der Waals surface area contributed by atoms with Crippen LogP contribution in [0.2, 0.25) is 0 Å². The maximum Gasteiger partial charge on any atom is 0.329 e. The molecule has 3 fully saturated rings. The number of carbonyl (C=O) groups is 6. The fraction of sp³-hybridized carbons (Fsp3) is 0.660. The van der Waals surface area contributed by atoms with E-state index in [-0.39, 0.29) is 79.3 Å². The lowest BCUT2D eigenvalue weighted by Gasteiger charge is -2.42. The van der Waals surface area contributed by atoms with E-state index in [0.29, 0.717) is 242 Å². The summed E-state index contributed by atoms with van der Waals surface area (Å²) in [4.78, 5) is 100. The van der Waals surface area contributed by atoms with Gasteiger partial charge in [-0.05, 0) is 173 Å². The van der Waals surface area contributed by atoms with E-state index in [1.807, 2.05) is 92.8 Å². The van der Waals surface area contributed by atoms with Crippen LogP contribution in [0.4, 0.5) is 11.8 Å². The largest absolute Gasteiger partial charge is 0.461 e. The van der Waals surface area contributed by atoms with Crippen molar-refractivity contribution in [3.63, 3.8) is 0 Å². The van der Waals surface area contributed by atoms with E-state index in [1.54, 1.807) is 34.1 Å². The van der Waals surface area contributed by atoms with Gasteiger partial charge in [-0.15, -0.1) is 0 Å². The number of ketones is 2. The van der Waals surface area contributed by atoms with E-state index >= 15 is 0 Å². The highest BCUT2D eigenvalue weighted by molar-refractivity contribution is 6.39. The third-order valence-electron chi connectivity index (χ3n) is 24.7. The molecule has 1 saturated carbocycles. The van der Waals surface area contributed by atoms with Crippen molar-refractivity contribution in [2.45, 2.75) is 225 Å². The minimum Gasteiger partial charge on any atom is -0.461 e. The average molecular weight is 1760 g/mol. The zero-order valence-electron chi connectivity index (χ0n) is 75.5. The predicted molar refractivity (Wildman–Crippen MR) is 471 cm³/mol. The molecule has 2 bridgehead atoms.